The quantitative estimate of drug-likeness (QED) is 0.575. The second kappa shape index (κ2) is 6.38. The highest BCUT2D eigenvalue weighted by atomic mass is 79.9. The molecule has 0 aliphatic carbocycles. The van der Waals surface area contributed by atoms with Crippen molar-refractivity contribution < 1.29 is 4.79 Å². The monoisotopic (exact) mass is 326 g/mol. The van der Waals surface area contributed by atoms with E-state index in [1.165, 1.54) is 16.2 Å². The third-order valence-corrected chi connectivity index (χ3v) is 4.66. The van der Waals surface area contributed by atoms with Gasteiger partial charge in [0.1, 0.15) is 0 Å². The van der Waals surface area contributed by atoms with Crippen LogP contribution in [0.4, 0.5) is 0 Å². The van der Waals surface area contributed by atoms with Crippen molar-refractivity contribution in [3.05, 3.63) is 51.1 Å². The van der Waals surface area contributed by atoms with Crippen LogP contribution in [0.2, 0.25) is 0 Å². The van der Waals surface area contributed by atoms with Crippen molar-refractivity contribution in [3.63, 3.8) is 0 Å². The van der Waals surface area contributed by atoms with Gasteiger partial charge < -0.3 is 0 Å². The number of rotatable bonds is 5. The topological polar surface area (TPSA) is 17.1 Å². The molecule has 0 aliphatic rings. The van der Waals surface area contributed by atoms with Gasteiger partial charge in [0, 0.05) is 21.5 Å². The fraction of sp³-hybridized carbons (Fsp3) is 0.154. The predicted molar refractivity (Wildman–Crippen MR) is 78.1 cm³/mol. The maximum atomic E-state index is 11.7. The maximum absolute atomic E-state index is 11.7. The molecule has 0 amide bonds. The number of ketones is 1. The zero-order valence-electron chi connectivity index (χ0n) is 9.06. The van der Waals surface area contributed by atoms with E-state index in [-0.39, 0.29) is 5.78 Å². The number of Topliss-reactive ketones (excluding diaryl/α,β-unsaturated/α-hetero) is 1. The van der Waals surface area contributed by atoms with Crippen LogP contribution in [0.1, 0.15) is 16.1 Å². The summed E-state index contributed by atoms with van der Waals surface area (Å²) in [5.41, 5.74) is 0. The number of benzene rings is 1. The predicted octanol–water partition coefficient (Wildman–Crippen LogP) is 4.88. The number of thiophene rings is 1. The third-order valence-electron chi connectivity index (χ3n) is 2.21. The molecule has 17 heavy (non-hydrogen) atoms. The van der Waals surface area contributed by atoms with E-state index < -0.39 is 0 Å². The second-order valence-corrected chi connectivity index (χ2v) is 6.48. The first-order valence-electron chi connectivity index (χ1n) is 5.21. The summed E-state index contributed by atoms with van der Waals surface area (Å²) in [6.07, 6.45) is 0.598. The average molecular weight is 327 g/mol. The molecule has 1 aromatic heterocycles. The molecule has 2 aromatic rings. The molecule has 0 bridgehead atoms. The van der Waals surface area contributed by atoms with Gasteiger partial charge >= 0.3 is 0 Å². The Morgan fingerprint density at radius 3 is 2.65 bits per heavy atom. The largest absolute Gasteiger partial charge is 0.293 e. The van der Waals surface area contributed by atoms with Gasteiger partial charge in [0.2, 0.25) is 0 Å². The zero-order chi connectivity index (χ0) is 12.1. The Labute approximate surface area is 117 Å². The van der Waals surface area contributed by atoms with Gasteiger partial charge in [-0.2, -0.15) is 0 Å². The van der Waals surface area contributed by atoms with Gasteiger partial charge in [-0.15, -0.1) is 23.1 Å². The van der Waals surface area contributed by atoms with Crippen LogP contribution in [0.25, 0.3) is 0 Å². The van der Waals surface area contributed by atoms with Crippen molar-refractivity contribution in [1.29, 1.82) is 0 Å². The van der Waals surface area contributed by atoms with Crippen LogP contribution < -0.4 is 0 Å². The number of carbonyl (C=O) groups is 1. The van der Waals surface area contributed by atoms with Crippen molar-refractivity contribution in [2.45, 2.75) is 11.3 Å². The normalized spacial score (nSPS) is 10.4. The lowest BCUT2D eigenvalue weighted by atomic mass is 10.3. The zero-order valence-corrected chi connectivity index (χ0v) is 12.3. The molecule has 1 aromatic carbocycles. The summed E-state index contributed by atoms with van der Waals surface area (Å²) in [6.45, 7) is 0. The SMILES string of the molecule is O=C(CCSc1ccc(Br)cc1)c1cccs1. The van der Waals surface area contributed by atoms with E-state index in [0.717, 1.165) is 15.1 Å². The lowest BCUT2D eigenvalue weighted by Crippen LogP contribution is -1.97. The molecule has 0 fully saturated rings. The van der Waals surface area contributed by atoms with Crippen molar-refractivity contribution >= 4 is 44.8 Å². The van der Waals surface area contributed by atoms with Crippen LogP contribution in [0.15, 0.2) is 51.1 Å². The van der Waals surface area contributed by atoms with Crippen molar-refractivity contribution in [3.8, 4) is 0 Å². The van der Waals surface area contributed by atoms with Crippen LogP contribution in [0.5, 0.6) is 0 Å². The molecule has 88 valence electrons. The van der Waals surface area contributed by atoms with Crippen LogP contribution in [-0.4, -0.2) is 11.5 Å². The van der Waals surface area contributed by atoms with Gasteiger partial charge in [-0.05, 0) is 35.7 Å². The van der Waals surface area contributed by atoms with E-state index >= 15 is 0 Å². The summed E-state index contributed by atoms with van der Waals surface area (Å²) in [6, 6.07) is 12.0. The molecule has 2 rings (SSSR count). The Balaban J connectivity index is 1.80. The molecule has 1 nitrogen and oxygen atoms in total. The molecular formula is C13H11BrOS2. The smallest absolute Gasteiger partial charge is 0.173 e. The van der Waals surface area contributed by atoms with E-state index in [4.69, 9.17) is 0 Å². The molecule has 0 saturated heterocycles. The molecule has 0 spiro atoms. The molecule has 1 heterocycles. The van der Waals surface area contributed by atoms with Gasteiger partial charge in [-0.1, -0.05) is 22.0 Å². The van der Waals surface area contributed by atoms with Gasteiger partial charge in [0.05, 0.1) is 4.88 Å². The maximum Gasteiger partial charge on any atom is 0.173 e. The Morgan fingerprint density at radius 2 is 2.00 bits per heavy atom. The highest BCUT2D eigenvalue weighted by molar-refractivity contribution is 9.10. The van der Waals surface area contributed by atoms with E-state index in [0.29, 0.717) is 6.42 Å². The number of carbonyl (C=O) groups excluding carboxylic acids is 1. The highest BCUT2D eigenvalue weighted by Crippen LogP contribution is 2.22. The molecule has 0 unspecified atom stereocenters. The minimum absolute atomic E-state index is 0.240. The number of thioether (sulfide) groups is 1. The summed E-state index contributed by atoms with van der Waals surface area (Å²) >= 11 is 6.63. The second-order valence-electron chi connectivity index (χ2n) is 3.45. The Morgan fingerprint density at radius 1 is 1.24 bits per heavy atom. The highest BCUT2D eigenvalue weighted by Gasteiger charge is 2.06. The van der Waals surface area contributed by atoms with Crippen molar-refractivity contribution in [2.75, 3.05) is 5.75 Å². The first-order chi connectivity index (χ1) is 8.25. The van der Waals surface area contributed by atoms with E-state index in [2.05, 4.69) is 28.1 Å². The van der Waals surface area contributed by atoms with Crippen LogP contribution in [0.3, 0.4) is 0 Å². The first-order valence-corrected chi connectivity index (χ1v) is 7.86. The Kier molecular flexibility index (Phi) is 4.83. The first kappa shape index (κ1) is 12.9. The van der Waals surface area contributed by atoms with E-state index in [1.54, 1.807) is 11.8 Å². The van der Waals surface area contributed by atoms with Gasteiger partial charge in [-0.3, -0.25) is 4.79 Å². The number of hydrogen-bond acceptors (Lipinski definition) is 3. The van der Waals surface area contributed by atoms with Crippen LogP contribution in [0, 0.1) is 0 Å². The van der Waals surface area contributed by atoms with Gasteiger partial charge in [-0.25, -0.2) is 0 Å². The summed E-state index contributed by atoms with van der Waals surface area (Å²) in [4.78, 5) is 13.8. The Hall–Kier alpha value is -0.580. The van der Waals surface area contributed by atoms with Gasteiger partial charge in [0.15, 0.2) is 5.78 Å². The standard InChI is InChI=1S/C13H11BrOS2/c14-10-3-5-11(6-4-10)16-9-7-12(15)13-2-1-8-17-13/h1-6,8H,7,9H2. The summed E-state index contributed by atoms with van der Waals surface area (Å²) in [5.74, 6) is 1.07. The molecule has 0 atom stereocenters. The molecule has 0 saturated carbocycles. The van der Waals surface area contributed by atoms with Crippen LogP contribution in [-0.2, 0) is 0 Å². The fourth-order valence-corrected chi connectivity index (χ4v) is 3.16. The fourth-order valence-electron chi connectivity index (χ4n) is 1.35. The average Bonchev–Trinajstić information content (AvgIpc) is 2.85. The molecule has 0 aliphatic heterocycles. The lowest BCUT2D eigenvalue weighted by molar-refractivity contribution is 0.0993. The Bertz CT molecular complexity index is 477. The lowest BCUT2D eigenvalue weighted by Gasteiger charge is -2.00. The third kappa shape index (κ3) is 3.98. The minimum atomic E-state index is 0.240. The van der Waals surface area contributed by atoms with Crippen LogP contribution >= 0.6 is 39.0 Å². The summed E-state index contributed by atoms with van der Waals surface area (Å²) in [7, 11) is 0. The van der Waals surface area contributed by atoms with Crippen molar-refractivity contribution in [1.82, 2.24) is 0 Å². The molecular weight excluding hydrogens is 316 g/mol. The van der Waals surface area contributed by atoms with Gasteiger partial charge in [0.25, 0.3) is 0 Å². The molecule has 4 heteroatoms. The molecule has 0 N–H and O–H groups in total. The summed E-state index contributed by atoms with van der Waals surface area (Å²) < 4.78 is 1.08. The molecule has 0 radical (unpaired) electrons. The number of hydrogen-bond donors (Lipinski definition) is 0. The number of halogens is 1. The minimum Gasteiger partial charge on any atom is -0.293 e. The summed E-state index contributed by atoms with van der Waals surface area (Å²) in [5, 5.41) is 1.94. The van der Waals surface area contributed by atoms with E-state index in [1.807, 2.05) is 29.6 Å². The van der Waals surface area contributed by atoms with E-state index in [9.17, 15) is 4.79 Å². The van der Waals surface area contributed by atoms with Crippen molar-refractivity contribution in [2.24, 2.45) is 0 Å².